The molecule has 0 spiro atoms. The van der Waals surface area contributed by atoms with Crippen LogP contribution in [0.15, 0.2) is 95.1 Å². The van der Waals surface area contributed by atoms with Crippen molar-refractivity contribution in [2.24, 2.45) is 0 Å². The molecule has 6 rings (SSSR count). The highest BCUT2D eigenvalue weighted by Gasteiger charge is 2.88. The smallest absolute Gasteiger partial charge is 0.223 e. The summed E-state index contributed by atoms with van der Waals surface area (Å²) in [5, 5.41) is 0. The van der Waals surface area contributed by atoms with Gasteiger partial charge >= 0.3 is 17.8 Å². The fraction of sp³-hybridized carbons (Fsp3) is 0.355. The first-order chi connectivity index (χ1) is 19.6. The summed E-state index contributed by atoms with van der Waals surface area (Å²) >= 11 is 1.08. The van der Waals surface area contributed by atoms with E-state index in [1.54, 1.807) is 68.2 Å². The Morgan fingerprint density at radius 2 is 1.09 bits per heavy atom. The molecule has 1 fully saturated rings. The van der Waals surface area contributed by atoms with Crippen LogP contribution in [-0.2, 0) is 9.84 Å². The van der Waals surface area contributed by atoms with E-state index in [1.807, 2.05) is 19.6 Å². The lowest BCUT2D eigenvalue weighted by Crippen LogP contribution is -2.77. The second-order valence-electron chi connectivity index (χ2n) is 13.5. The fourth-order valence-corrected chi connectivity index (χ4v) is 25.5. The van der Waals surface area contributed by atoms with Crippen molar-refractivity contribution in [3.05, 3.63) is 106 Å². The van der Waals surface area contributed by atoms with Crippen LogP contribution in [0.4, 0.5) is 26.3 Å². The second-order valence-corrected chi connectivity index (χ2v) is 28.1. The molecular formula is C31H30F6O2S2Si2. The second kappa shape index (κ2) is 8.70. The molecule has 0 radical (unpaired) electrons. The van der Waals surface area contributed by atoms with Gasteiger partial charge in [-0.2, -0.15) is 26.3 Å². The van der Waals surface area contributed by atoms with Gasteiger partial charge in [-0.05, 0) is 34.4 Å². The molecule has 2 atom stereocenters. The third-order valence-corrected chi connectivity index (χ3v) is 23.9. The SMILES string of the molecule is C[Si](C)(C)C12SC(c3ccccc3)=CC1=C1C(=C3C=C(c4ccccc4)S(=O)(=O)C32[Si](C)(C)C)C(F)(F)C(F)(F)C1(F)F. The van der Waals surface area contributed by atoms with E-state index in [-0.39, 0.29) is 10.5 Å². The lowest BCUT2D eigenvalue weighted by molar-refractivity contribution is -0.258. The minimum atomic E-state index is -5.77. The van der Waals surface area contributed by atoms with Gasteiger partial charge in [0.25, 0.3) is 0 Å². The van der Waals surface area contributed by atoms with Crippen LogP contribution in [0.2, 0.25) is 39.3 Å². The van der Waals surface area contributed by atoms with Crippen LogP contribution in [0.1, 0.15) is 11.1 Å². The third kappa shape index (κ3) is 3.31. The molecule has 1 saturated carbocycles. The van der Waals surface area contributed by atoms with E-state index in [0.29, 0.717) is 10.5 Å². The van der Waals surface area contributed by atoms with Crippen LogP contribution in [0.25, 0.3) is 9.81 Å². The highest BCUT2D eigenvalue weighted by atomic mass is 32.2. The quantitative estimate of drug-likeness (QED) is 0.241. The Morgan fingerprint density at radius 1 is 0.628 bits per heavy atom. The van der Waals surface area contributed by atoms with Crippen molar-refractivity contribution in [1.29, 1.82) is 0 Å². The van der Waals surface area contributed by atoms with Crippen LogP contribution >= 0.6 is 11.8 Å². The van der Waals surface area contributed by atoms with E-state index in [2.05, 4.69) is 0 Å². The molecule has 2 heterocycles. The maximum Gasteiger partial charge on any atom is 0.380 e. The van der Waals surface area contributed by atoms with Gasteiger partial charge in [-0.25, -0.2) is 8.42 Å². The predicted octanol–water partition coefficient (Wildman–Crippen LogP) is 9.00. The number of fused-ring (bicyclic) bond motifs is 4. The average Bonchev–Trinajstić information content (AvgIpc) is 3.45. The average molecular weight is 669 g/mol. The number of rotatable bonds is 4. The Bertz CT molecular complexity index is 1800. The van der Waals surface area contributed by atoms with Gasteiger partial charge < -0.3 is 0 Å². The number of benzene rings is 2. The van der Waals surface area contributed by atoms with Crippen molar-refractivity contribution in [1.82, 2.24) is 0 Å². The normalized spacial score (nSPS) is 30.0. The van der Waals surface area contributed by atoms with Crippen LogP contribution in [-0.4, -0.2) is 51.1 Å². The van der Waals surface area contributed by atoms with E-state index in [0.717, 1.165) is 17.8 Å². The largest absolute Gasteiger partial charge is 0.380 e. The van der Waals surface area contributed by atoms with Gasteiger partial charge in [0.1, 0.15) is 4.37 Å². The summed E-state index contributed by atoms with van der Waals surface area (Å²) in [5.41, 5.74) is -3.19. The Morgan fingerprint density at radius 3 is 1.56 bits per heavy atom. The van der Waals surface area contributed by atoms with E-state index in [1.165, 1.54) is 18.2 Å². The molecule has 2 aromatic carbocycles. The molecule has 12 heteroatoms. The van der Waals surface area contributed by atoms with E-state index in [9.17, 15) is 0 Å². The molecule has 0 N–H and O–H groups in total. The van der Waals surface area contributed by atoms with Crippen LogP contribution in [0, 0.1) is 0 Å². The van der Waals surface area contributed by atoms with Gasteiger partial charge in [0, 0.05) is 16.1 Å². The fourth-order valence-electron chi connectivity index (χ4n) is 7.68. The molecule has 4 aliphatic rings. The van der Waals surface area contributed by atoms with Crippen molar-refractivity contribution in [2.45, 2.75) is 65.8 Å². The molecule has 2 nitrogen and oxygen atoms in total. The van der Waals surface area contributed by atoms with Gasteiger partial charge in [0.05, 0.1) is 25.4 Å². The van der Waals surface area contributed by atoms with Crippen molar-refractivity contribution < 1.29 is 34.8 Å². The summed E-state index contributed by atoms with van der Waals surface area (Å²) in [5.74, 6) is -16.3. The van der Waals surface area contributed by atoms with Crippen LogP contribution < -0.4 is 0 Å². The number of alkyl halides is 6. The highest BCUT2D eigenvalue weighted by molar-refractivity contribution is 8.14. The zero-order valence-electron chi connectivity index (χ0n) is 24.3. The van der Waals surface area contributed by atoms with Crippen LogP contribution in [0.3, 0.4) is 0 Å². The summed E-state index contributed by atoms with van der Waals surface area (Å²) in [7, 11) is -11.2. The highest BCUT2D eigenvalue weighted by Crippen LogP contribution is 2.77. The number of hydrogen-bond acceptors (Lipinski definition) is 3. The first-order valence-electron chi connectivity index (χ1n) is 13.8. The Balaban J connectivity index is 1.90. The lowest BCUT2D eigenvalue weighted by Gasteiger charge is -2.60. The van der Waals surface area contributed by atoms with Crippen molar-refractivity contribution >= 4 is 47.6 Å². The summed E-state index contributed by atoms with van der Waals surface area (Å²) < 4.78 is 122. The maximum atomic E-state index is 16.1. The van der Waals surface area contributed by atoms with E-state index >= 15 is 34.8 Å². The van der Waals surface area contributed by atoms with Gasteiger partial charge in [-0.15, -0.1) is 11.8 Å². The Hall–Kier alpha value is -2.29. The van der Waals surface area contributed by atoms with E-state index < -0.39 is 74.8 Å². The molecule has 0 aromatic heterocycles. The minimum Gasteiger partial charge on any atom is -0.223 e. The predicted molar refractivity (Wildman–Crippen MR) is 166 cm³/mol. The molecular weight excluding hydrogens is 639 g/mol. The number of hydrogen-bond donors (Lipinski definition) is 0. The molecule has 2 unspecified atom stereocenters. The van der Waals surface area contributed by atoms with E-state index in [4.69, 9.17) is 0 Å². The standard InChI is InChI=1S/C31H30F6O2S2Si2/c1-42(2,3)29-21(17-23(40-29)19-13-9-7-10-14-19)25-26(28(34,35)31(36,37)27(25,32)33)22-18-24(20-15-11-8-12-16-20)41(38,39)30(22,29)43(4,5)6/h7-18H,1-6H3. The maximum absolute atomic E-state index is 16.1. The van der Waals surface area contributed by atoms with Gasteiger partial charge in [0.15, 0.2) is 9.84 Å². The monoisotopic (exact) mass is 668 g/mol. The first-order valence-corrected chi connectivity index (χ1v) is 23.1. The molecule has 0 saturated heterocycles. The van der Waals surface area contributed by atoms with Gasteiger partial charge in [-0.3, -0.25) is 0 Å². The van der Waals surface area contributed by atoms with Crippen LogP contribution in [0.5, 0.6) is 0 Å². The molecule has 228 valence electrons. The lowest BCUT2D eigenvalue weighted by atomic mass is 9.83. The van der Waals surface area contributed by atoms with Crippen molar-refractivity contribution in [3.8, 4) is 0 Å². The van der Waals surface area contributed by atoms with Crippen molar-refractivity contribution in [2.75, 3.05) is 0 Å². The zero-order valence-corrected chi connectivity index (χ0v) is 28.0. The Kier molecular flexibility index (Phi) is 6.22. The van der Waals surface area contributed by atoms with Crippen molar-refractivity contribution in [3.63, 3.8) is 0 Å². The van der Waals surface area contributed by atoms with Gasteiger partial charge in [0.2, 0.25) is 0 Å². The van der Waals surface area contributed by atoms with Gasteiger partial charge in [-0.1, -0.05) is 99.9 Å². The number of sulfone groups is 1. The summed E-state index contributed by atoms with van der Waals surface area (Å²) in [6, 6.07) is 16.4. The summed E-state index contributed by atoms with van der Waals surface area (Å²) in [6.45, 7) is 10.6. The number of thioether (sulfide) groups is 1. The molecule has 2 aliphatic carbocycles. The first kappa shape index (κ1) is 30.7. The molecule has 2 aliphatic heterocycles. The number of halogens is 6. The minimum absolute atomic E-state index is 0.190. The zero-order chi connectivity index (χ0) is 31.8. The summed E-state index contributed by atoms with van der Waals surface area (Å²) in [4.78, 5) is 0.0841. The molecule has 43 heavy (non-hydrogen) atoms. The molecule has 0 bridgehead atoms. The molecule has 2 aromatic rings. The third-order valence-electron chi connectivity index (χ3n) is 9.20. The topological polar surface area (TPSA) is 34.1 Å². The number of allylic oxidation sites excluding steroid dienone is 4. The summed E-state index contributed by atoms with van der Waals surface area (Å²) in [6.07, 6.45) is 2.32. The molecule has 0 amide bonds. The Labute approximate surface area is 253 Å².